The number of rotatable bonds is 7. The Kier molecular flexibility index (Phi) is 4.49. The maximum Gasteiger partial charge on any atom is 0.0806 e. The molecule has 26 heavy (non-hydrogen) atoms. The fourth-order valence-corrected chi connectivity index (χ4v) is 3.65. The summed E-state index contributed by atoms with van der Waals surface area (Å²) in [4.78, 5) is 12.6. The summed E-state index contributed by atoms with van der Waals surface area (Å²) in [6.45, 7) is 8.56. The van der Waals surface area contributed by atoms with Gasteiger partial charge in [-0.05, 0) is 37.3 Å². The van der Waals surface area contributed by atoms with E-state index < -0.39 is 0 Å². The van der Waals surface area contributed by atoms with Crippen LogP contribution >= 0.6 is 0 Å². The SMILES string of the molecule is C=C(NC(C)c1cnc(CCC)cn1)C1CC1c1cc2ccccc2[nH]1. The van der Waals surface area contributed by atoms with Gasteiger partial charge in [0.05, 0.1) is 23.6 Å². The normalized spacial score (nSPS) is 20.1. The lowest BCUT2D eigenvalue weighted by molar-refractivity contribution is 0.600. The van der Waals surface area contributed by atoms with Crippen LogP contribution in [0.2, 0.25) is 0 Å². The molecule has 4 heteroatoms. The second kappa shape index (κ2) is 6.94. The van der Waals surface area contributed by atoms with Crippen molar-refractivity contribution in [3.8, 4) is 0 Å². The van der Waals surface area contributed by atoms with E-state index >= 15 is 0 Å². The minimum absolute atomic E-state index is 0.120. The molecule has 1 aliphatic carbocycles. The number of para-hydroxylation sites is 1. The molecule has 1 aromatic carbocycles. The van der Waals surface area contributed by atoms with Crippen molar-refractivity contribution in [3.63, 3.8) is 0 Å². The molecule has 4 rings (SSSR count). The molecule has 0 spiro atoms. The molecule has 0 radical (unpaired) electrons. The van der Waals surface area contributed by atoms with E-state index in [1.54, 1.807) is 0 Å². The van der Waals surface area contributed by atoms with E-state index in [9.17, 15) is 0 Å². The molecule has 3 atom stereocenters. The Labute approximate surface area is 154 Å². The molecule has 0 aliphatic heterocycles. The Morgan fingerprint density at radius 2 is 2.15 bits per heavy atom. The van der Waals surface area contributed by atoms with Gasteiger partial charge in [0.25, 0.3) is 0 Å². The van der Waals surface area contributed by atoms with Gasteiger partial charge in [0.1, 0.15) is 0 Å². The Morgan fingerprint density at radius 1 is 1.31 bits per heavy atom. The van der Waals surface area contributed by atoms with Crippen LogP contribution in [-0.4, -0.2) is 15.0 Å². The van der Waals surface area contributed by atoms with Gasteiger partial charge in [-0.2, -0.15) is 0 Å². The first-order valence-corrected chi connectivity index (χ1v) is 9.49. The van der Waals surface area contributed by atoms with Crippen molar-refractivity contribution in [1.82, 2.24) is 20.3 Å². The van der Waals surface area contributed by atoms with E-state index in [1.165, 1.54) is 16.6 Å². The number of hydrogen-bond acceptors (Lipinski definition) is 3. The van der Waals surface area contributed by atoms with Gasteiger partial charge >= 0.3 is 0 Å². The van der Waals surface area contributed by atoms with E-state index in [0.29, 0.717) is 11.8 Å². The largest absolute Gasteiger partial charge is 0.380 e. The van der Waals surface area contributed by atoms with Crippen molar-refractivity contribution in [2.45, 2.75) is 45.1 Å². The fraction of sp³-hybridized carbons (Fsp3) is 0.364. The second-order valence-corrected chi connectivity index (χ2v) is 7.33. The Balaban J connectivity index is 1.38. The number of aromatic amines is 1. The number of benzene rings is 1. The van der Waals surface area contributed by atoms with E-state index in [-0.39, 0.29) is 6.04 Å². The second-order valence-electron chi connectivity index (χ2n) is 7.33. The molecule has 134 valence electrons. The van der Waals surface area contributed by atoms with E-state index in [0.717, 1.165) is 36.3 Å². The average Bonchev–Trinajstić information content (AvgIpc) is 3.34. The van der Waals surface area contributed by atoms with Crippen molar-refractivity contribution in [2.75, 3.05) is 0 Å². The predicted octanol–water partition coefficient (Wildman–Crippen LogP) is 4.88. The summed E-state index contributed by atoms with van der Waals surface area (Å²) in [6, 6.07) is 10.8. The molecule has 2 N–H and O–H groups in total. The highest BCUT2D eigenvalue weighted by Crippen LogP contribution is 2.51. The zero-order valence-corrected chi connectivity index (χ0v) is 15.5. The first-order chi connectivity index (χ1) is 12.7. The number of hydrogen-bond donors (Lipinski definition) is 2. The highest BCUT2D eigenvalue weighted by molar-refractivity contribution is 5.80. The van der Waals surface area contributed by atoms with Crippen LogP contribution in [0.1, 0.15) is 55.7 Å². The molecular formula is C22H26N4. The van der Waals surface area contributed by atoms with Crippen LogP contribution in [0.3, 0.4) is 0 Å². The quantitative estimate of drug-likeness (QED) is 0.641. The summed E-state index contributed by atoms with van der Waals surface area (Å²) < 4.78 is 0. The molecular weight excluding hydrogens is 320 g/mol. The number of aryl methyl sites for hydroxylation is 1. The summed E-state index contributed by atoms with van der Waals surface area (Å²) in [5.41, 5.74) is 5.65. The first kappa shape index (κ1) is 16.8. The lowest BCUT2D eigenvalue weighted by Crippen LogP contribution is -2.20. The van der Waals surface area contributed by atoms with Crippen LogP contribution in [-0.2, 0) is 6.42 Å². The number of nitrogens with one attached hydrogen (secondary N) is 2. The molecule has 1 saturated carbocycles. The van der Waals surface area contributed by atoms with Crippen LogP contribution in [0, 0.1) is 5.92 Å². The molecule has 4 nitrogen and oxygen atoms in total. The molecule has 2 aromatic heterocycles. The van der Waals surface area contributed by atoms with E-state index in [2.05, 4.69) is 71.0 Å². The number of fused-ring (bicyclic) bond motifs is 1. The Morgan fingerprint density at radius 3 is 2.88 bits per heavy atom. The maximum atomic E-state index is 4.56. The highest BCUT2D eigenvalue weighted by Gasteiger charge is 2.41. The lowest BCUT2D eigenvalue weighted by Gasteiger charge is -2.17. The molecule has 2 heterocycles. The first-order valence-electron chi connectivity index (χ1n) is 9.49. The Bertz CT molecular complexity index is 876. The predicted molar refractivity (Wildman–Crippen MR) is 106 cm³/mol. The summed E-state index contributed by atoms with van der Waals surface area (Å²) in [5, 5.41) is 4.81. The molecule has 0 bridgehead atoms. The van der Waals surface area contributed by atoms with E-state index in [1.807, 2.05) is 12.4 Å². The third kappa shape index (κ3) is 3.36. The van der Waals surface area contributed by atoms with Crippen molar-refractivity contribution >= 4 is 10.9 Å². The molecule has 1 aliphatic rings. The standard InChI is InChI=1S/C22H26N4/c1-4-7-17-12-24-22(13-23-17)15(3)25-14(2)18-11-19(18)21-10-16-8-5-6-9-20(16)26-21/h5-6,8-10,12-13,15,18-19,25-26H,2,4,7,11H2,1,3H3. The number of H-pyrrole nitrogens is 1. The van der Waals surface area contributed by atoms with Gasteiger partial charge in [-0.15, -0.1) is 0 Å². The van der Waals surface area contributed by atoms with Gasteiger partial charge in [-0.3, -0.25) is 9.97 Å². The average molecular weight is 346 g/mol. The molecule has 0 saturated heterocycles. The summed E-state index contributed by atoms with van der Waals surface area (Å²) in [7, 11) is 0. The molecule has 0 amide bonds. The van der Waals surface area contributed by atoms with Crippen molar-refractivity contribution in [1.29, 1.82) is 0 Å². The van der Waals surface area contributed by atoms with Crippen molar-refractivity contribution in [2.24, 2.45) is 5.92 Å². The number of nitrogens with zero attached hydrogens (tertiary/aromatic N) is 2. The lowest BCUT2D eigenvalue weighted by atomic mass is 10.1. The van der Waals surface area contributed by atoms with Gasteiger partial charge in [-0.1, -0.05) is 38.1 Å². The fourth-order valence-electron chi connectivity index (χ4n) is 3.65. The highest BCUT2D eigenvalue weighted by atomic mass is 15.0. The van der Waals surface area contributed by atoms with Gasteiger partial charge in [-0.25, -0.2) is 0 Å². The van der Waals surface area contributed by atoms with Crippen LogP contribution < -0.4 is 5.32 Å². The van der Waals surface area contributed by atoms with Crippen LogP contribution in [0.25, 0.3) is 10.9 Å². The summed E-state index contributed by atoms with van der Waals surface area (Å²) >= 11 is 0. The minimum Gasteiger partial charge on any atom is -0.380 e. The Hall–Kier alpha value is -2.62. The topological polar surface area (TPSA) is 53.6 Å². The van der Waals surface area contributed by atoms with Gasteiger partial charge in [0, 0.05) is 34.9 Å². The van der Waals surface area contributed by atoms with Gasteiger partial charge < -0.3 is 10.3 Å². The van der Waals surface area contributed by atoms with Crippen molar-refractivity contribution < 1.29 is 0 Å². The summed E-state index contributed by atoms with van der Waals surface area (Å²) in [6.07, 6.45) is 7.00. The molecule has 1 fully saturated rings. The van der Waals surface area contributed by atoms with Crippen molar-refractivity contribution in [3.05, 3.63) is 72.1 Å². The van der Waals surface area contributed by atoms with Crippen LogP contribution in [0.4, 0.5) is 0 Å². The van der Waals surface area contributed by atoms with Crippen LogP contribution in [0.15, 0.2) is 55.0 Å². The minimum atomic E-state index is 0.120. The smallest absolute Gasteiger partial charge is 0.0806 e. The van der Waals surface area contributed by atoms with Crippen LogP contribution in [0.5, 0.6) is 0 Å². The maximum absolute atomic E-state index is 4.56. The van der Waals surface area contributed by atoms with E-state index in [4.69, 9.17) is 0 Å². The monoisotopic (exact) mass is 346 g/mol. The molecule has 3 unspecified atom stereocenters. The zero-order valence-electron chi connectivity index (χ0n) is 15.5. The number of aromatic nitrogens is 3. The third-order valence-corrected chi connectivity index (χ3v) is 5.27. The van der Waals surface area contributed by atoms with Gasteiger partial charge in [0.15, 0.2) is 0 Å². The zero-order chi connectivity index (χ0) is 18.1. The molecule has 3 aromatic rings. The van der Waals surface area contributed by atoms with Gasteiger partial charge in [0.2, 0.25) is 0 Å². The number of allylic oxidation sites excluding steroid dienone is 1. The third-order valence-electron chi connectivity index (χ3n) is 5.27. The summed E-state index contributed by atoms with van der Waals surface area (Å²) in [5.74, 6) is 1.02.